The van der Waals surface area contributed by atoms with Gasteiger partial charge in [0.15, 0.2) is 0 Å². The average Bonchev–Trinajstić information content (AvgIpc) is 2.81. The maximum atomic E-state index is 6.31. The van der Waals surface area contributed by atoms with E-state index in [9.17, 15) is 0 Å². The predicted octanol–water partition coefficient (Wildman–Crippen LogP) is 4.84. The largest absolute Gasteiger partial charge is 0.326 e. The lowest BCUT2D eigenvalue weighted by Crippen LogP contribution is -2.21. The maximum absolute atomic E-state index is 6.31. The third-order valence-electron chi connectivity index (χ3n) is 3.39. The molecule has 1 fully saturated rings. The molecule has 0 saturated carbocycles. The summed E-state index contributed by atoms with van der Waals surface area (Å²) in [4.78, 5) is 4.66. The van der Waals surface area contributed by atoms with Crippen LogP contribution in [0.1, 0.15) is 18.1 Å². The van der Waals surface area contributed by atoms with Gasteiger partial charge in [-0.2, -0.15) is 23.5 Å². The molecule has 1 aliphatic heterocycles. The molecular weight excluding hydrogens is 331 g/mol. The zero-order valence-corrected chi connectivity index (χ0v) is 14.3. The lowest BCUT2D eigenvalue weighted by atomic mass is 10.3. The van der Waals surface area contributed by atoms with Crippen LogP contribution < -0.4 is 0 Å². The fourth-order valence-corrected chi connectivity index (χ4v) is 5.50. The first-order valence-corrected chi connectivity index (χ1v) is 9.66. The highest BCUT2D eigenvalue weighted by Crippen LogP contribution is 2.32. The van der Waals surface area contributed by atoms with Gasteiger partial charge in [-0.3, -0.25) is 0 Å². The Labute approximate surface area is 137 Å². The molecule has 1 aliphatic rings. The van der Waals surface area contributed by atoms with Crippen LogP contribution in [-0.4, -0.2) is 32.1 Å². The fraction of sp³-hybridized carbons (Fsp3) is 0.500. The Morgan fingerprint density at radius 2 is 2.30 bits per heavy atom. The van der Waals surface area contributed by atoms with Crippen molar-refractivity contribution in [1.82, 2.24) is 9.55 Å². The topological polar surface area (TPSA) is 17.8 Å². The van der Waals surface area contributed by atoms with Gasteiger partial charge in [-0.15, -0.1) is 11.6 Å². The molecule has 0 aliphatic carbocycles. The molecular formula is C14H16Cl2N2S2. The number of benzene rings is 1. The van der Waals surface area contributed by atoms with Gasteiger partial charge in [0.2, 0.25) is 0 Å². The second-order valence-corrected chi connectivity index (χ2v) is 8.49. The highest BCUT2D eigenvalue weighted by Gasteiger charge is 2.21. The Hall–Kier alpha value is -0.0300. The molecule has 2 atom stereocenters. The Morgan fingerprint density at radius 3 is 3.00 bits per heavy atom. The van der Waals surface area contributed by atoms with Crippen molar-refractivity contribution in [1.29, 1.82) is 0 Å². The minimum atomic E-state index is -0.111. The SMILES string of the molecule is CC(Cl)c1nc2c(Cl)cccc2n1CC1CSCCS1. The molecule has 1 aromatic heterocycles. The third-order valence-corrected chi connectivity index (χ3v) is 6.71. The van der Waals surface area contributed by atoms with Gasteiger partial charge in [0.1, 0.15) is 11.3 Å². The van der Waals surface area contributed by atoms with Crippen LogP contribution in [0.4, 0.5) is 0 Å². The summed E-state index contributed by atoms with van der Waals surface area (Å²) in [6, 6.07) is 5.95. The van der Waals surface area contributed by atoms with Crippen molar-refractivity contribution in [2.45, 2.75) is 24.1 Å². The van der Waals surface area contributed by atoms with E-state index in [1.165, 1.54) is 17.3 Å². The Morgan fingerprint density at radius 1 is 1.45 bits per heavy atom. The summed E-state index contributed by atoms with van der Waals surface area (Å²) >= 11 is 16.7. The number of aromatic nitrogens is 2. The number of rotatable bonds is 3. The molecule has 6 heteroatoms. The summed E-state index contributed by atoms with van der Waals surface area (Å²) in [7, 11) is 0. The van der Waals surface area contributed by atoms with E-state index < -0.39 is 0 Å². The summed E-state index contributed by atoms with van der Waals surface area (Å²) in [5.74, 6) is 4.61. The second-order valence-electron chi connectivity index (χ2n) is 4.87. The number of nitrogens with zero attached hydrogens (tertiary/aromatic N) is 2. The van der Waals surface area contributed by atoms with Crippen LogP contribution in [0.25, 0.3) is 11.0 Å². The summed E-state index contributed by atoms with van der Waals surface area (Å²) in [6.45, 7) is 2.93. The number of fused-ring (bicyclic) bond motifs is 1. The van der Waals surface area contributed by atoms with Gasteiger partial charge in [-0.1, -0.05) is 17.7 Å². The van der Waals surface area contributed by atoms with E-state index >= 15 is 0 Å². The van der Waals surface area contributed by atoms with Gasteiger partial charge in [-0.25, -0.2) is 4.98 Å². The molecule has 1 aromatic carbocycles. The van der Waals surface area contributed by atoms with E-state index in [1.54, 1.807) is 0 Å². The van der Waals surface area contributed by atoms with Crippen molar-refractivity contribution in [3.8, 4) is 0 Å². The number of hydrogen-bond acceptors (Lipinski definition) is 3. The minimum absolute atomic E-state index is 0.111. The molecule has 2 aromatic rings. The van der Waals surface area contributed by atoms with Crippen molar-refractivity contribution < 1.29 is 0 Å². The number of alkyl halides is 1. The molecule has 0 bridgehead atoms. The predicted molar refractivity (Wildman–Crippen MR) is 92.6 cm³/mol. The number of hydrogen-bond donors (Lipinski definition) is 0. The Kier molecular flexibility index (Phi) is 4.75. The summed E-state index contributed by atoms with van der Waals surface area (Å²) in [6.07, 6.45) is 0. The first kappa shape index (κ1) is 14.9. The number of para-hydroxylation sites is 1. The van der Waals surface area contributed by atoms with Crippen molar-refractivity contribution >= 4 is 57.8 Å². The first-order valence-electron chi connectivity index (χ1n) is 6.65. The van der Waals surface area contributed by atoms with E-state index in [2.05, 4.69) is 15.6 Å². The van der Waals surface area contributed by atoms with Crippen LogP contribution in [0.5, 0.6) is 0 Å². The minimum Gasteiger partial charge on any atom is -0.326 e. The molecule has 0 spiro atoms. The lowest BCUT2D eigenvalue weighted by molar-refractivity contribution is 0.667. The molecule has 0 amide bonds. The lowest BCUT2D eigenvalue weighted by Gasteiger charge is -2.23. The normalized spacial score (nSPS) is 21.2. The van der Waals surface area contributed by atoms with E-state index in [4.69, 9.17) is 23.2 Å². The fourth-order valence-electron chi connectivity index (χ4n) is 2.47. The van der Waals surface area contributed by atoms with Gasteiger partial charge in [0.25, 0.3) is 0 Å². The molecule has 2 nitrogen and oxygen atoms in total. The second kappa shape index (κ2) is 6.39. The van der Waals surface area contributed by atoms with Gasteiger partial charge in [0, 0.05) is 29.1 Å². The van der Waals surface area contributed by atoms with Crippen molar-refractivity contribution in [2.24, 2.45) is 0 Å². The maximum Gasteiger partial charge on any atom is 0.127 e. The van der Waals surface area contributed by atoms with Crippen LogP contribution in [0.2, 0.25) is 5.02 Å². The molecule has 3 rings (SSSR count). The quantitative estimate of drug-likeness (QED) is 0.740. The average molecular weight is 347 g/mol. The van der Waals surface area contributed by atoms with Crippen molar-refractivity contribution in [3.63, 3.8) is 0 Å². The Bertz CT molecular complexity index is 606. The molecule has 20 heavy (non-hydrogen) atoms. The van der Waals surface area contributed by atoms with Gasteiger partial charge in [0.05, 0.1) is 15.9 Å². The van der Waals surface area contributed by atoms with E-state index in [1.807, 2.05) is 42.6 Å². The Balaban J connectivity index is 2.02. The molecule has 108 valence electrons. The van der Waals surface area contributed by atoms with E-state index in [0.717, 1.165) is 23.4 Å². The van der Waals surface area contributed by atoms with Crippen LogP contribution >= 0.6 is 46.7 Å². The van der Waals surface area contributed by atoms with Gasteiger partial charge >= 0.3 is 0 Å². The number of imidazole rings is 1. The van der Waals surface area contributed by atoms with Crippen molar-refractivity contribution in [2.75, 3.05) is 17.3 Å². The summed E-state index contributed by atoms with van der Waals surface area (Å²) in [5, 5.41) is 1.21. The summed E-state index contributed by atoms with van der Waals surface area (Å²) < 4.78 is 2.25. The zero-order valence-electron chi connectivity index (χ0n) is 11.2. The first-order chi connectivity index (χ1) is 9.66. The van der Waals surface area contributed by atoms with Gasteiger partial charge in [-0.05, 0) is 19.1 Å². The summed E-state index contributed by atoms with van der Waals surface area (Å²) in [5.41, 5.74) is 1.96. The highest BCUT2D eigenvalue weighted by atomic mass is 35.5. The zero-order chi connectivity index (χ0) is 14.1. The third kappa shape index (κ3) is 2.94. The number of thioether (sulfide) groups is 2. The molecule has 2 heterocycles. The van der Waals surface area contributed by atoms with E-state index in [-0.39, 0.29) is 5.38 Å². The van der Waals surface area contributed by atoms with Crippen LogP contribution in [0.15, 0.2) is 18.2 Å². The molecule has 1 saturated heterocycles. The monoisotopic (exact) mass is 346 g/mol. The molecule has 0 N–H and O–H groups in total. The van der Waals surface area contributed by atoms with E-state index in [0.29, 0.717) is 10.3 Å². The smallest absolute Gasteiger partial charge is 0.127 e. The van der Waals surface area contributed by atoms with Crippen molar-refractivity contribution in [3.05, 3.63) is 29.0 Å². The highest BCUT2D eigenvalue weighted by molar-refractivity contribution is 8.06. The van der Waals surface area contributed by atoms with Crippen LogP contribution in [0, 0.1) is 0 Å². The standard InChI is InChI=1S/C14H16Cl2N2S2/c1-9(15)14-17-13-11(16)3-2-4-12(13)18(14)7-10-8-19-5-6-20-10/h2-4,9-10H,5-8H2,1H3. The number of halogens is 2. The molecule has 2 unspecified atom stereocenters. The van der Waals surface area contributed by atoms with Gasteiger partial charge < -0.3 is 4.57 Å². The van der Waals surface area contributed by atoms with Crippen LogP contribution in [-0.2, 0) is 6.54 Å². The molecule has 0 radical (unpaired) electrons. The van der Waals surface area contributed by atoms with Crippen LogP contribution in [0.3, 0.4) is 0 Å².